The summed E-state index contributed by atoms with van der Waals surface area (Å²) < 4.78 is 55.6. The number of hydrogen-bond acceptors (Lipinski definition) is 3. The van der Waals surface area contributed by atoms with Crippen LogP contribution in [0.3, 0.4) is 0 Å². The van der Waals surface area contributed by atoms with E-state index in [1.54, 1.807) is 18.2 Å². The second-order valence-corrected chi connectivity index (χ2v) is 6.83. The van der Waals surface area contributed by atoms with E-state index in [2.05, 4.69) is 30.9 Å². The molecule has 2 aromatic carbocycles. The van der Waals surface area contributed by atoms with Gasteiger partial charge in [-0.3, -0.25) is 4.90 Å². The van der Waals surface area contributed by atoms with Gasteiger partial charge in [0.05, 0.1) is 6.04 Å². The topological polar surface area (TPSA) is 24.5 Å². The van der Waals surface area contributed by atoms with Crippen molar-refractivity contribution in [2.75, 3.05) is 26.2 Å². The first-order valence-electron chi connectivity index (χ1n) is 8.09. The van der Waals surface area contributed by atoms with Crippen molar-refractivity contribution in [1.82, 2.24) is 10.2 Å². The van der Waals surface area contributed by atoms with E-state index >= 15 is 0 Å². The van der Waals surface area contributed by atoms with E-state index in [9.17, 15) is 17.6 Å². The molecule has 1 aliphatic heterocycles. The third kappa shape index (κ3) is 4.75. The van der Waals surface area contributed by atoms with Crippen LogP contribution in [0.2, 0.25) is 0 Å². The summed E-state index contributed by atoms with van der Waals surface area (Å²) in [5, 5.41) is 3.26. The first-order valence-corrected chi connectivity index (χ1v) is 8.88. The van der Waals surface area contributed by atoms with E-state index in [1.165, 1.54) is 24.3 Å². The molecule has 1 aliphatic rings. The van der Waals surface area contributed by atoms with Crippen molar-refractivity contribution in [3.8, 4) is 5.75 Å². The van der Waals surface area contributed by atoms with Crippen molar-refractivity contribution in [3.05, 3.63) is 63.9 Å². The smallest absolute Gasteiger partial charge is 0.406 e. The van der Waals surface area contributed by atoms with Gasteiger partial charge in [0.15, 0.2) is 0 Å². The molecule has 1 atom stereocenters. The predicted molar refractivity (Wildman–Crippen MR) is 93.5 cm³/mol. The summed E-state index contributed by atoms with van der Waals surface area (Å²) >= 11 is 3.47. The number of hydrogen-bond donors (Lipinski definition) is 1. The summed E-state index contributed by atoms with van der Waals surface area (Å²) in [7, 11) is 0. The maximum Gasteiger partial charge on any atom is 0.573 e. The third-order valence-electron chi connectivity index (χ3n) is 4.20. The number of alkyl halides is 3. The third-order valence-corrected chi connectivity index (χ3v) is 4.92. The largest absolute Gasteiger partial charge is 0.573 e. The molecular formula is C18H17BrF4N2O. The normalized spacial score (nSPS) is 17.1. The lowest BCUT2D eigenvalue weighted by Crippen LogP contribution is -2.45. The lowest BCUT2D eigenvalue weighted by Gasteiger charge is -2.36. The summed E-state index contributed by atoms with van der Waals surface area (Å²) in [6.07, 6.45) is -4.73. The van der Waals surface area contributed by atoms with Crippen LogP contribution in [0.1, 0.15) is 17.2 Å². The van der Waals surface area contributed by atoms with E-state index in [0.717, 1.165) is 41.8 Å². The van der Waals surface area contributed by atoms with Gasteiger partial charge in [0.25, 0.3) is 0 Å². The number of piperazine rings is 1. The molecule has 3 nitrogen and oxygen atoms in total. The molecule has 0 aromatic heterocycles. The maximum absolute atomic E-state index is 13.8. The van der Waals surface area contributed by atoms with Crippen LogP contribution < -0.4 is 10.1 Å². The van der Waals surface area contributed by atoms with E-state index in [1.807, 2.05) is 0 Å². The Bertz CT molecular complexity index is 746. The Hall–Kier alpha value is -1.64. The minimum absolute atomic E-state index is 0.276. The van der Waals surface area contributed by atoms with Gasteiger partial charge in [0.2, 0.25) is 0 Å². The van der Waals surface area contributed by atoms with Crippen LogP contribution in [0.4, 0.5) is 17.6 Å². The molecule has 1 heterocycles. The number of nitrogens with one attached hydrogen (secondary N) is 1. The Morgan fingerprint density at radius 3 is 2.31 bits per heavy atom. The van der Waals surface area contributed by atoms with Crippen LogP contribution in [-0.2, 0) is 0 Å². The molecule has 3 rings (SSSR count). The molecular weight excluding hydrogens is 416 g/mol. The number of benzene rings is 2. The Morgan fingerprint density at radius 2 is 1.69 bits per heavy atom. The maximum atomic E-state index is 13.8. The van der Waals surface area contributed by atoms with Crippen molar-refractivity contribution < 1.29 is 22.3 Å². The lowest BCUT2D eigenvalue weighted by atomic mass is 9.96. The summed E-state index contributed by atoms with van der Waals surface area (Å²) in [6, 6.07) is 9.93. The van der Waals surface area contributed by atoms with E-state index in [4.69, 9.17) is 0 Å². The number of ether oxygens (including phenoxy) is 1. The van der Waals surface area contributed by atoms with Gasteiger partial charge >= 0.3 is 6.36 Å². The minimum Gasteiger partial charge on any atom is -0.406 e. The second kappa shape index (κ2) is 7.94. The Kier molecular flexibility index (Phi) is 5.84. The van der Waals surface area contributed by atoms with Gasteiger partial charge in [-0.25, -0.2) is 4.39 Å². The zero-order valence-corrected chi connectivity index (χ0v) is 15.3. The molecule has 8 heteroatoms. The fourth-order valence-corrected chi connectivity index (χ4v) is 3.57. The molecule has 0 saturated carbocycles. The highest BCUT2D eigenvalue weighted by atomic mass is 79.9. The number of rotatable bonds is 4. The van der Waals surface area contributed by atoms with Crippen LogP contribution in [0.5, 0.6) is 5.75 Å². The monoisotopic (exact) mass is 432 g/mol. The zero-order valence-electron chi connectivity index (χ0n) is 13.7. The SMILES string of the molecule is Fc1ccc(Br)c([C@@H](c2ccc(OC(F)(F)F)cc2)N2CCNCC2)c1. The molecule has 1 N–H and O–H groups in total. The molecule has 0 spiro atoms. The van der Waals surface area contributed by atoms with Crippen LogP contribution >= 0.6 is 15.9 Å². The summed E-state index contributed by atoms with van der Waals surface area (Å²) in [5.74, 6) is -0.640. The van der Waals surface area contributed by atoms with Crippen LogP contribution in [-0.4, -0.2) is 37.4 Å². The molecule has 26 heavy (non-hydrogen) atoms. The van der Waals surface area contributed by atoms with E-state index in [-0.39, 0.29) is 17.6 Å². The quantitative estimate of drug-likeness (QED) is 0.720. The molecule has 1 saturated heterocycles. The summed E-state index contributed by atoms with van der Waals surface area (Å²) in [4.78, 5) is 2.18. The minimum atomic E-state index is -4.73. The zero-order chi connectivity index (χ0) is 18.7. The highest BCUT2D eigenvalue weighted by molar-refractivity contribution is 9.10. The Balaban J connectivity index is 1.96. The van der Waals surface area contributed by atoms with Gasteiger partial charge in [-0.05, 0) is 41.5 Å². The molecule has 140 valence electrons. The highest BCUT2D eigenvalue weighted by Gasteiger charge is 2.31. The highest BCUT2D eigenvalue weighted by Crippen LogP contribution is 2.35. The van der Waals surface area contributed by atoms with Crippen molar-refractivity contribution in [3.63, 3.8) is 0 Å². The molecule has 0 unspecified atom stereocenters. The van der Waals surface area contributed by atoms with Gasteiger partial charge in [0.1, 0.15) is 11.6 Å². The average molecular weight is 433 g/mol. The van der Waals surface area contributed by atoms with Crippen LogP contribution in [0, 0.1) is 5.82 Å². The Morgan fingerprint density at radius 1 is 1.04 bits per heavy atom. The molecule has 0 amide bonds. The van der Waals surface area contributed by atoms with Gasteiger partial charge in [-0.15, -0.1) is 13.2 Å². The standard InChI is InChI=1S/C18H17BrF4N2O/c19-16-6-3-13(20)11-15(16)17(25-9-7-24-8-10-25)12-1-4-14(5-2-12)26-18(21,22)23/h1-6,11,17,24H,7-10H2/t17-/m1/s1. The van der Waals surface area contributed by atoms with Crippen LogP contribution in [0.25, 0.3) is 0 Å². The Labute approximate surface area is 157 Å². The summed E-state index contributed by atoms with van der Waals surface area (Å²) in [5.41, 5.74) is 1.50. The van der Waals surface area contributed by atoms with Crippen molar-refractivity contribution in [1.29, 1.82) is 0 Å². The van der Waals surface area contributed by atoms with E-state index < -0.39 is 6.36 Å². The second-order valence-electron chi connectivity index (χ2n) is 5.97. The summed E-state index contributed by atoms with van der Waals surface area (Å²) in [6.45, 7) is 3.07. The molecule has 0 bridgehead atoms. The average Bonchev–Trinajstić information content (AvgIpc) is 2.59. The van der Waals surface area contributed by atoms with Gasteiger partial charge in [-0.1, -0.05) is 28.1 Å². The van der Waals surface area contributed by atoms with Crippen LogP contribution in [0.15, 0.2) is 46.9 Å². The fourth-order valence-electron chi connectivity index (χ4n) is 3.10. The fraction of sp³-hybridized carbons (Fsp3) is 0.333. The number of nitrogens with zero attached hydrogens (tertiary/aromatic N) is 1. The van der Waals surface area contributed by atoms with Crippen molar-refractivity contribution in [2.45, 2.75) is 12.4 Å². The number of halogens is 5. The van der Waals surface area contributed by atoms with Crippen molar-refractivity contribution in [2.24, 2.45) is 0 Å². The van der Waals surface area contributed by atoms with Gasteiger partial charge in [0, 0.05) is 30.7 Å². The first-order chi connectivity index (χ1) is 12.3. The molecule has 2 aromatic rings. The molecule has 0 radical (unpaired) electrons. The predicted octanol–water partition coefficient (Wildman–Crippen LogP) is 4.48. The first kappa shape index (κ1) is 19.1. The molecule has 1 fully saturated rings. The van der Waals surface area contributed by atoms with Gasteiger partial charge < -0.3 is 10.1 Å². The molecule has 0 aliphatic carbocycles. The van der Waals surface area contributed by atoms with Gasteiger partial charge in [-0.2, -0.15) is 0 Å². The van der Waals surface area contributed by atoms with E-state index in [0.29, 0.717) is 0 Å². The lowest BCUT2D eigenvalue weighted by molar-refractivity contribution is -0.274. The van der Waals surface area contributed by atoms with Crippen molar-refractivity contribution >= 4 is 15.9 Å².